The van der Waals surface area contributed by atoms with Crippen molar-refractivity contribution in [3.05, 3.63) is 47.0 Å². The number of nitrogens with zero attached hydrogens (tertiary/aromatic N) is 2. The number of rotatable bonds is 3. The summed E-state index contributed by atoms with van der Waals surface area (Å²) in [6.45, 7) is 5.01. The van der Waals surface area contributed by atoms with Gasteiger partial charge < -0.3 is 9.67 Å². The van der Waals surface area contributed by atoms with E-state index in [-0.39, 0.29) is 5.75 Å². The smallest absolute Gasteiger partial charge is 0.141 e. The summed E-state index contributed by atoms with van der Waals surface area (Å²) in [5.74, 6) is 1.20. The monoisotopic (exact) mass is 300 g/mol. The van der Waals surface area contributed by atoms with E-state index in [1.54, 1.807) is 12.1 Å². The maximum atomic E-state index is 9.59. The Labute approximate surface area is 128 Å². The minimum absolute atomic E-state index is 0.275. The van der Waals surface area contributed by atoms with Gasteiger partial charge in [0.05, 0.1) is 11.0 Å². The Bertz CT molecular complexity index is 808. The first kappa shape index (κ1) is 14.0. The number of aryl methyl sites for hydroxylation is 2. The summed E-state index contributed by atoms with van der Waals surface area (Å²) in [7, 11) is 0. The molecule has 3 aromatic rings. The Morgan fingerprint density at radius 2 is 2.00 bits per heavy atom. The van der Waals surface area contributed by atoms with E-state index in [0.717, 1.165) is 41.0 Å². The predicted octanol–water partition coefficient (Wildman–Crippen LogP) is 4.78. The minimum atomic E-state index is 0.275. The lowest BCUT2D eigenvalue weighted by Crippen LogP contribution is -2.00. The number of phenolic OH excluding ortho intramolecular Hbond substituents is 1. The van der Waals surface area contributed by atoms with E-state index >= 15 is 0 Å². The standard InChI is InChI=1S/C17H17ClN2O/c1-3-8-20-16-10-12(18)4-7-15(16)19-17(20)14-6-5-13(21)9-11(14)2/h4-7,9-10,21H,3,8H2,1-2H3. The van der Waals surface area contributed by atoms with Crippen LogP contribution in [0.4, 0.5) is 0 Å². The molecule has 1 heterocycles. The number of imidazole rings is 1. The fourth-order valence-corrected chi connectivity index (χ4v) is 2.82. The highest BCUT2D eigenvalue weighted by Gasteiger charge is 2.14. The van der Waals surface area contributed by atoms with Gasteiger partial charge in [-0.15, -0.1) is 0 Å². The number of hydrogen-bond donors (Lipinski definition) is 1. The number of phenols is 1. The Kier molecular flexibility index (Phi) is 3.60. The molecule has 21 heavy (non-hydrogen) atoms. The quantitative estimate of drug-likeness (QED) is 0.756. The van der Waals surface area contributed by atoms with Gasteiger partial charge in [0.1, 0.15) is 11.6 Å². The van der Waals surface area contributed by atoms with E-state index in [9.17, 15) is 5.11 Å². The lowest BCUT2D eigenvalue weighted by atomic mass is 10.1. The predicted molar refractivity (Wildman–Crippen MR) is 86.9 cm³/mol. The highest BCUT2D eigenvalue weighted by Crippen LogP contribution is 2.30. The lowest BCUT2D eigenvalue weighted by Gasteiger charge is -2.10. The van der Waals surface area contributed by atoms with Crippen LogP contribution < -0.4 is 0 Å². The van der Waals surface area contributed by atoms with E-state index < -0.39 is 0 Å². The molecule has 0 aliphatic heterocycles. The van der Waals surface area contributed by atoms with E-state index in [1.807, 2.05) is 31.2 Å². The average molecular weight is 301 g/mol. The zero-order chi connectivity index (χ0) is 15.0. The molecule has 1 aromatic heterocycles. The van der Waals surface area contributed by atoms with Gasteiger partial charge in [-0.3, -0.25) is 0 Å². The number of fused-ring (bicyclic) bond motifs is 1. The van der Waals surface area contributed by atoms with Crippen molar-refractivity contribution in [2.24, 2.45) is 0 Å². The van der Waals surface area contributed by atoms with Crippen LogP contribution in [-0.4, -0.2) is 14.7 Å². The van der Waals surface area contributed by atoms with Crippen molar-refractivity contribution in [2.45, 2.75) is 26.8 Å². The fraction of sp³-hybridized carbons (Fsp3) is 0.235. The van der Waals surface area contributed by atoms with Gasteiger partial charge in [0, 0.05) is 17.1 Å². The Balaban J connectivity index is 2.28. The van der Waals surface area contributed by atoms with Crippen LogP contribution in [0.15, 0.2) is 36.4 Å². The summed E-state index contributed by atoms with van der Waals surface area (Å²) >= 11 is 6.12. The second kappa shape index (κ2) is 5.41. The largest absolute Gasteiger partial charge is 0.508 e. The summed E-state index contributed by atoms with van der Waals surface area (Å²) in [6, 6.07) is 11.1. The highest BCUT2D eigenvalue weighted by molar-refractivity contribution is 6.31. The number of aromatic hydroxyl groups is 1. The molecule has 0 radical (unpaired) electrons. The van der Waals surface area contributed by atoms with Crippen LogP contribution in [0.25, 0.3) is 22.4 Å². The maximum Gasteiger partial charge on any atom is 0.141 e. The SMILES string of the molecule is CCCn1c(-c2ccc(O)cc2C)nc2ccc(Cl)cc21. The first-order valence-electron chi connectivity index (χ1n) is 7.06. The van der Waals surface area contributed by atoms with Crippen LogP contribution in [-0.2, 0) is 6.54 Å². The molecule has 0 unspecified atom stereocenters. The summed E-state index contributed by atoms with van der Waals surface area (Å²) in [6.07, 6.45) is 1.02. The molecular formula is C17H17ClN2O. The number of halogens is 1. The third kappa shape index (κ3) is 2.49. The summed E-state index contributed by atoms with van der Waals surface area (Å²) in [4.78, 5) is 4.76. The zero-order valence-electron chi connectivity index (χ0n) is 12.1. The number of hydrogen-bond acceptors (Lipinski definition) is 2. The molecule has 0 amide bonds. The lowest BCUT2D eigenvalue weighted by molar-refractivity contribution is 0.475. The summed E-state index contributed by atoms with van der Waals surface area (Å²) < 4.78 is 2.20. The van der Waals surface area contributed by atoms with Gasteiger partial charge in [0.25, 0.3) is 0 Å². The molecular weight excluding hydrogens is 284 g/mol. The molecule has 0 aliphatic rings. The third-order valence-corrected chi connectivity index (χ3v) is 3.84. The third-order valence-electron chi connectivity index (χ3n) is 3.61. The minimum Gasteiger partial charge on any atom is -0.508 e. The first-order chi connectivity index (χ1) is 10.1. The van der Waals surface area contributed by atoms with Crippen molar-refractivity contribution >= 4 is 22.6 Å². The van der Waals surface area contributed by atoms with Crippen molar-refractivity contribution < 1.29 is 5.11 Å². The van der Waals surface area contributed by atoms with Gasteiger partial charge in [-0.25, -0.2) is 4.98 Å². The van der Waals surface area contributed by atoms with Gasteiger partial charge in [0.2, 0.25) is 0 Å². The molecule has 3 rings (SSSR count). The van der Waals surface area contributed by atoms with Crippen LogP contribution >= 0.6 is 11.6 Å². The van der Waals surface area contributed by atoms with Crippen LogP contribution in [0, 0.1) is 6.92 Å². The molecule has 1 N–H and O–H groups in total. The van der Waals surface area contributed by atoms with Crippen molar-refractivity contribution in [1.82, 2.24) is 9.55 Å². The molecule has 0 aliphatic carbocycles. The Morgan fingerprint density at radius 1 is 1.19 bits per heavy atom. The van der Waals surface area contributed by atoms with Gasteiger partial charge in [-0.2, -0.15) is 0 Å². The highest BCUT2D eigenvalue weighted by atomic mass is 35.5. The van der Waals surface area contributed by atoms with Crippen LogP contribution in [0.2, 0.25) is 5.02 Å². The molecule has 0 atom stereocenters. The van der Waals surface area contributed by atoms with E-state index in [1.165, 1.54) is 0 Å². The van der Waals surface area contributed by atoms with Gasteiger partial charge in [-0.1, -0.05) is 18.5 Å². The second-order valence-electron chi connectivity index (χ2n) is 5.22. The average Bonchev–Trinajstić information content (AvgIpc) is 2.78. The first-order valence-corrected chi connectivity index (χ1v) is 7.43. The summed E-state index contributed by atoms with van der Waals surface area (Å²) in [5, 5.41) is 10.3. The fourth-order valence-electron chi connectivity index (χ4n) is 2.65. The van der Waals surface area contributed by atoms with Crippen LogP contribution in [0.1, 0.15) is 18.9 Å². The number of aromatic nitrogens is 2. The maximum absolute atomic E-state index is 9.59. The van der Waals surface area contributed by atoms with Crippen molar-refractivity contribution in [3.8, 4) is 17.1 Å². The van der Waals surface area contributed by atoms with Gasteiger partial charge in [-0.05, 0) is 55.3 Å². The summed E-state index contributed by atoms with van der Waals surface area (Å²) in [5.41, 5.74) is 4.03. The van der Waals surface area contributed by atoms with Crippen molar-refractivity contribution in [1.29, 1.82) is 0 Å². The normalized spacial score (nSPS) is 11.2. The van der Waals surface area contributed by atoms with Gasteiger partial charge in [0.15, 0.2) is 0 Å². The molecule has 4 heteroatoms. The van der Waals surface area contributed by atoms with E-state index in [4.69, 9.17) is 16.6 Å². The number of benzene rings is 2. The molecule has 0 spiro atoms. The van der Waals surface area contributed by atoms with E-state index in [2.05, 4.69) is 11.5 Å². The zero-order valence-corrected chi connectivity index (χ0v) is 12.9. The molecule has 3 nitrogen and oxygen atoms in total. The Hall–Kier alpha value is -2.00. The molecule has 108 valence electrons. The van der Waals surface area contributed by atoms with E-state index in [0.29, 0.717) is 5.02 Å². The van der Waals surface area contributed by atoms with Crippen LogP contribution in [0.5, 0.6) is 5.75 Å². The molecule has 0 bridgehead atoms. The molecule has 0 fully saturated rings. The Morgan fingerprint density at radius 3 is 2.71 bits per heavy atom. The van der Waals surface area contributed by atoms with Crippen LogP contribution in [0.3, 0.4) is 0 Å². The van der Waals surface area contributed by atoms with Crippen molar-refractivity contribution in [2.75, 3.05) is 0 Å². The molecule has 0 saturated carbocycles. The van der Waals surface area contributed by atoms with Gasteiger partial charge >= 0.3 is 0 Å². The topological polar surface area (TPSA) is 38.0 Å². The van der Waals surface area contributed by atoms with Crippen molar-refractivity contribution in [3.63, 3.8) is 0 Å². The molecule has 2 aromatic carbocycles. The molecule has 0 saturated heterocycles. The second-order valence-corrected chi connectivity index (χ2v) is 5.66.